The Morgan fingerprint density at radius 2 is 1.42 bits per heavy atom. The fraction of sp³-hybridized carbons (Fsp3) is 0.457. The lowest BCUT2D eigenvalue weighted by atomic mass is 9.68. The van der Waals surface area contributed by atoms with E-state index in [4.69, 9.17) is 5.73 Å². The first-order chi connectivity index (χ1) is 20.6. The summed E-state index contributed by atoms with van der Waals surface area (Å²) in [5.41, 5.74) is 9.64. The average Bonchev–Trinajstić information content (AvgIpc) is 3.34. The topological polar surface area (TPSA) is 75.8 Å². The number of nitrogens with two attached hydrogens (primary N) is 1. The highest BCUT2D eigenvalue weighted by molar-refractivity contribution is 6.28. The van der Waals surface area contributed by atoms with Crippen molar-refractivity contribution in [2.24, 2.45) is 28.5 Å². The molecule has 2 amide bonds. The molecule has 8 heteroatoms. The van der Waals surface area contributed by atoms with E-state index in [1.807, 2.05) is 6.08 Å². The van der Waals surface area contributed by atoms with Crippen molar-refractivity contribution in [1.82, 2.24) is 0 Å². The molecule has 43 heavy (non-hydrogen) atoms. The second-order valence-electron chi connectivity index (χ2n) is 12.3. The maximum atomic E-state index is 12.5. The summed E-state index contributed by atoms with van der Waals surface area (Å²) in [6.07, 6.45) is 12.0. The average molecular weight is 592 g/mol. The van der Waals surface area contributed by atoms with Crippen molar-refractivity contribution < 1.29 is 22.8 Å². The Bertz CT molecular complexity index is 1330. The van der Waals surface area contributed by atoms with Gasteiger partial charge in [0, 0.05) is 18.6 Å². The minimum atomic E-state index is -4.02. The molecule has 0 spiro atoms. The molecule has 0 atom stereocenters. The molecule has 0 aromatic heterocycles. The third kappa shape index (κ3) is 8.46. The number of amides is 2. The Hall–Kier alpha value is -3.68. The van der Waals surface area contributed by atoms with Gasteiger partial charge >= 0.3 is 6.18 Å². The molecule has 1 aliphatic heterocycles. The van der Waals surface area contributed by atoms with Crippen LogP contribution in [0, 0.1) is 17.8 Å². The third-order valence-electron chi connectivity index (χ3n) is 9.43. The number of imide groups is 1. The molecule has 2 aromatic rings. The zero-order valence-corrected chi connectivity index (χ0v) is 24.4. The van der Waals surface area contributed by atoms with E-state index in [1.165, 1.54) is 56.2 Å². The van der Waals surface area contributed by atoms with Crippen LogP contribution in [0.5, 0.6) is 0 Å². The van der Waals surface area contributed by atoms with E-state index < -0.39 is 12.6 Å². The van der Waals surface area contributed by atoms with Gasteiger partial charge in [-0.2, -0.15) is 13.2 Å². The summed E-state index contributed by atoms with van der Waals surface area (Å²) in [6.45, 7) is 0. The van der Waals surface area contributed by atoms with E-state index in [1.54, 1.807) is 30.3 Å². The smallest absolute Gasteiger partial charge is 0.384 e. The number of hydrogen-bond donors (Lipinski definition) is 1. The van der Waals surface area contributed by atoms with Crippen LogP contribution in [0.3, 0.4) is 0 Å². The van der Waals surface area contributed by atoms with E-state index in [-0.39, 0.29) is 18.2 Å². The molecule has 2 fully saturated rings. The monoisotopic (exact) mass is 591 g/mol. The molecule has 5 rings (SSSR count). The van der Waals surface area contributed by atoms with Gasteiger partial charge in [-0.1, -0.05) is 49.6 Å². The first kappa shape index (κ1) is 30.8. The van der Waals surface area contributed by atoms with Crippen molar-refractivity contribution in [2.45, 2.75) is 82.7 Å². The SMILES string of the molecule is NC(/C=C/c1ccc(C2CCC(C3CCC(CCCC(F)(F)F)CC3)CC2)cc1)=Nc1ccc(N2C(=O)C=CC2=O)cc1. The lowest BCUT2D eigenvalue weighted by Crippen LogP contribution is -2.29. The van der Waals surface area contributed by atoms with Gasteiger partial charge < -0.3 is 5.73 Å². The van der Waals surface area contributed by atoms with Crippen LogP contribution < -0.4 is 10.6 Å². The number of rotatable bonds is 9. The molecular formula is C35H40F3N3O2. The highest BCUT2D eigenvalue weighted by Crippen LogP contribution is 2.44. The van der Waals surface area contributed by atoms with Gasteiger partial charge in [-0.15, -0.1) is 0 Å². The van der Waals surface area contributed by atoms with Gasteiger partial charge in [0.1, 0.15) is 5.84 Å². The van der Waals surface area contributed by atoms with Crippen LogP contribution in [0.15, 0.2) is 71.8 Å². The molecule has 228 valence electrons. The van der Waals surface area contributed by atoms with E-state index in [0.717, 1.165) is 41.6 Å². The Morgan fingerprint density at radius 1 is 0.837 bits per heavy atom. The number of carbonyl (C=O) groups excluding carboxylic acids is 2. The molecule has 2 aliphatic carbocycles. The summed E-state index contributed by atoms with van der Waals surface area (Å²) >= 11 is 0. The minimum Gasteiger partial charge on any atom is -0.384 e. The Labute approximate surface area is 251 Å². The highest BCUT2D eigenvalue weighted by Gasteiger charge is 2.32. The van der Waals surface area contributed by atoms with Gasteiger partial charge in [0.25, 0.3) is 11.8 Å². The first-order valence-corrected chi connectivity index (χ1v) is 15.5. The van der Waals surface area contributed by atoms with E-state index in [2.05, 4.69) is 29.3 Å². The number of aliphatic imine (C=N–C) groups is 1. The molecule has 2 saturated carbocycles. The van der Waals surface area contributed by atoms with Gasteiger partial charge in [0.05, 0.1) is 11.4 Å². The predicted molar refractivity (Wildman–Crippen MR) is 165 cm³/mol. The largest absolute Gasteiger partial charge is 0.389 e. The molecule has 0 saturated heterocycles. The Balaban J connectivity index is 1.05. The van der Waals surface area contributed by atoms with Crippen molar-refractivity contribution in [3.63, 3.8) is 0 Å². The number of halogens is 3. The van der Waals surface area contributed by atoms with Crippen molar-refractivity contribution in [2.75, 3.05) is 4.90 Å². The van der Waals surface area contributed by atoms with E-state index >= 15 is 0 Å². The summed E-state index contributed by atoms with van der Waals surface area (Å²) < 4.78 is 37.4. The Kier molecular flexibility index (Phi) is 9.83. The summed E-state index contributed by atoms with van der Waals surface area (Å²) in [5, 5.41) is 0. The predicted octanol–water partition coefficient (Wildman–Crippen LogP) is 8.63. The van der Waals surface area contributed by atoms with Gasteiger partial charge in [-0.3, -0.25) is 9.59 Å². The highest BCUT2D eigenvalue weighted by atomic mass is 19.4. The molecule has 5 nitrogen and oxygen atoms in total. The van der Waals surface area contributed by atoms with Crippen LogP contribution in [0.1, 0.15) is 87.7 Å². The van der Waals surface area contributed by atoms with Crippen LogP contribution in [0.25, 0.3) is 6.08 Å². The standard InChI is InChI=1S/C35H40F3N3O2/c36-35(37,38)23-1-2-24-3-8-26(9-4-24)28-12-14-29(15-13-28)27-10-5-25(6-11-27)7-20-32(39)40-30-16-18-31(19-17-30)41-33(42)21-22-34(41)43/h5-7,10-11,16-22,24,26,28-29H,1-4,8-9,12-15,23H2,(H2,39,40)/b20-7+. The van der Waals surface area contributed by atoms with Gasteiger partial charge in [-0.05, 0) is 110 Å². The number of amidine groups is 1. The summed E-state index contributed by atoms with van der Waals surface area (Å²) in [6, 6.07) is 15.4. The number of anilines is 1. The minimum absolute atomic E-state index is 0.279. The summed E-state index contributed by atoms with van der Waals surface area (Å²) in [5.74, 6) is 2.18. The normalized spacial score (nSPS) is 25.2. The van der Waals surface area contributed by atoms with E-state index in [9.17, 15) is 22.8 Å². The first-order valence-electron chi connectivity index (χ1n) is 15.5. The van der Waals surface area contributed by atoms with Crippen LogP contribution in [0.4, 0.5) is 24.5 Å². The van der Waals surface area contributed by atoms with Crippen LogP contribution in [-0.2, 0) is 9.59 Å². The molecule has 1 heterocycles. The molecular weight excluding hydrogens is 551 g/mol. The van der Waals surface area contributed by atoms with Crippen molar-refractivity contribution in [3.8, 4) is 0 Å². The third-order valence-corrected chi connectivity index (χ3v) is 9.43. The molecule has 2 N–H and O–H groups in total. The number of alkyl halides is 3. The fourth-order valence-electron chi connectivity index (χ4n) is 7.04. The number of hydrogen-bond acceptors (Lipinski definition) is 3. The zero-order chi connectivity index (χ0) is 30.4. The number of carbonyl (C=O) groups is 2. The van der Waals surface area contributed by atoms with Gasteiger partial charge in [-0.25, -0.2) is 9.89 Å². The molecule has 0 radical (unpaired) electrons. The lowest BCUT2D eigenvalue weighted by molar-refractivity contribution is -0.136. The van der Waals surface area contributed by atoms with Gasteiger partial charge in [0.15, 0.2) is 0 Å². The second kappa shape index (κ2) is 13.7. The number of nitrogens with zero attached hydrogens (tertiary/aromatic N) is 2. The maximum absolute atomic E-state index is 12.5. The molecule has 3 aliphatic rings. The van der Waals surface area contributed by atoms with E-state index in [0.29, 0.717) is 29.0 Å². The fourth-order valence-corrected chi connectivity index (χ4v) is 7.04. The molecule has 0 bridgehead atoms. The summed E-state index contributed by atoms with van der Waals surface area (Å²) in [4.78, 5) is 29.2. The van der Waals surface area contributed by atoms with Gasteiger partial charge in [0.2, 0.25) is 0 Å². The second-order valence-corrected chi connectivity index (χ2v) is 12.3. The quantitative estimate of drug-likeness (QED) is 0.180. The summed E-state index contributed by atoms with van der Waals surface area (Å²) in [7, 11) is 0. The van der Waals surface area contributed by atoms with Crippen molar-refractivity contribution >= 4 is 35.1 Å². The zero-order valence-electron chi connectivity index (χ0n) is 24.4. The lowest BCUT2D eigenvalue weighted by Gasteiger charge is -2.38. The van der Waals surface area contributed by atoms with Crippen LogP contribution in [0.2, 0.25) is 0 Å². The maximum Gasteiger partial charge on any atom is 0.389 e. The molecule has 0 unspecified atom stereocenters. The van der Waals surface area contributed by atoms with Crippen molar-refractivity contribution in [1.29, 1.82) is 0 Å². The molecule has 2 aromatic carbocycles. The number of benzene rings is 2. The van der Waals surface area contributed by atoms with Crippen LogP contribution >= 0.6 is 0 Å². The van der Waals surface area contributed by atoms with Crippen molar-refractivity contribution in [3.05, 3.63) is 77.9 Å². The van der Waals surface area contributed by atoms with Crippen LogP contribution in [-0.4, -0.2) is 23.8 Å². The Morgan fingerprint density at radius 3 is 2.00 bits per heavy atom.